The maximum atomic E-state index is 13.5. The third-order valence-corrected chi connectivity index (χ3v) is 8.16. The molecule has 15 heteroatoms. The molecule has 3 saturated heterocycles. The predicted octanol–water partition coefficient (Wildman–Crippen LogP) is 1.90. The highest BCUT2D eigenvalue weighted by Gasteiger charge is 2.72. The number of halogens is 4. The molecule has 3 aliphatic heterocycles. The lowest BCUT2D eigenvalue weighted by atomic mass is 9.78. The molecule has 10 nitrogen and oxygen atoms in total. The minimum absolute atomic E-state index is 0.293. The quantitative estimate of drug-likeness (QED) is 0.131. The SMILES string of the molecule is O=C(OC1C2OC(=O)C3C2OC1C3C(=O)OCCCCC(F)(F)C(F)(F)S(=O)(=O)[O-])C1CCCCC1. The maximum absolute atomic E-state index is 13.5. The number of ether oxygens (including phenoxy) is 4. The average molecular weight is 545 g/mol. The van der Waals surface area contributed by atoms with Crippen molar-refractivity contribution in [2.45, 2.75) is 87.0 Å². The molecule has 3 heterocycles. The molecule has 6 unspecified atom stereocenters. The highest BCUT2D eigenvalue weighted by Crippen LogP contribution is 2.51. The molecule has 0 aromatic carbocycles. The molecule has 0 aromatic rings. The molecule has 204 valence electrons. The van der Waals surface area contributed by atoms with Gasteiger partial charge in [-0.3, -0.25) is 14.4 Å². The van der Waals surface area contributed by atoms with Gasteiger partial charge in [-0.2, -0.15) is 17.6 Å². The van der Waals surface area contributed by atoms with Gasteiger partial charge in [0.25, 0.3) is 0 Å². The van der Waals surface area contributed by atoms with Crippen LogP contribution in [0.3, 0.4) is 0 Å². The normalized spacial score (nSPS) is 32.4. The minimum Gasteiger partial charge on any atom is -0.743 e. The first-order valence-corrected chi connectivity index (χ1v) is 13.1. The van der Waals surface area contributed by atoms with Gasteiger partial charge >= 0.3 is 29.1 Å². The zero-order chi connectivity index (χ0) is 26.5. The van der Waals surface area contributed by atoms with Crippen LogP contribution in [-0.2, 0) is 43.4 Å². The van der Waals surface area contributed by atoms with Crippen LogP contribution in [0, 0.1) is 17.8 Å². The summed E-state index contributed by atoms with van der Waals surface area (Å²) in [6, 6.07) is 0. The number of fused-ring (bicyclic) bond motifs is 1. The van der Waals surface area contributed by atoms with Crippen LogP contribution in [0.25, 0.3) is 0 Å². The van der Waals surface area contributed by atoms with E-state index < -0.39 is 94.9 Å². The predicted molar refractivity (Wildman–Crippen MR) is 106 cm³/mol. The highest BCUT2D eigenvalue weighted by molar-refractivity contribution is 7.86. The second kappa shape index (κ2) is 9.71. The molecule has 0 spiro atoms. The Morgan fingerprint density at radius 2 is 1.67 bits per heavy atom. The van der Waals surface area contributed by atoms with E-state index in [0.717, 1.165) is 19.3 Å². The van der Waals surface area contributed by atoms with Gasteiger partial charge in [-0.1, -0.05) is 19.3 Å². The largest absolute Gasteiger partial charge is 0.743 e. The lowest BCUT2D eigenvalue weighted by molar-refractivity contribution is -0.169. The molecular formula is C21H25F4O10S-. The Balaban J connectivity index is 1.31. The molecule has 0 N–H and O–H groups in total. The van der Waals surface area contributed by atoms with Gasteiger partial charge in [-0.25, -0.2) is 8.42 Å². The van der Waals surface area contributed by atoms with E-state index in [1.807, 2.05) is 0 Å². The van der Waals surface area contributed by atoms with E-state index in [-0.39, 0.29) is 12.3 Å². The summed E-state index contributed by atoms with van der Waals surface area (Å²) >= 11 is 0. The van der Waals surface area contributed by atoms with Gasteiger partial charge in [-0.05, 0) is 25.7 Å². The van der Waals surface area contributed by atoms with Crippen LogP contribution in [-0.4, -0.2) is 73.1 Å². The Hall–Kier alpha value is -2.00. The fourth-order valence-electron chi connectivity index (χ4n) is 5.35. The minimum atomic E-state index is -6.58. The van der Waals surface area contributed by atoms with Gasteiger partial charge < -0.3 is 23.5 Å². The van der Waals surface area contributed by atoms with E-state index in [2.05, 4.69) is 0 Å². The summed E-state index contributed by atoms with van der Waals surface area (Å²) in [5.74, 6) is -9.65. The number of alkyl halides is 4. The Morgan fingerprint density at radius 3 is 2.31 bits per heavy atom. The summed E-state index contributed by atoms with van der Waals surface area (Å²) in [5.41, 5.74) is 0. The van der Waals surface area contributed by atoms with Crippen LogP contribution in [0.15, 0.2) is 0 Å². The van der Waals surface area contributed by atoms with Crippen molar-refractivity contribution in [2.75, 3.05) is 6.61 Å². The van der Waals surface area contributed by atoms with Crippen LogP contribution < -0.4 is 0 Å². The van der Waals surface area contributed by atoms with Crippen LogP contribution >= 0.6 is 0 Å². The number of carbonyl (C=O) groups excluding carboxylic acids is 3. The summed E-state index contributed by atoms with van der Waals surface area (Å²) in [6.45, 7) is -0.504. The van der Waals surface area contributed by atoms with Crippen molar-refractivity contribution in [3.8, 4) is 0 Å². The number of unbranched alkanes of at least 4 members (excludes halogenated alkanes) is 1. The lowest BCUT2D eigenvalue weighted by Gasteiger charge is -2.29. The first-order chi connectivity index (χ1) is 16.8. The van der Waals surface area contributed by atoms with Crippen LogP contribution in [0.5, 0.6) is 0 Å². The van der Waals surface area contributed by atoms with E-state index in [9.17, 15) is 44.9 Å². The smallest absolute Gasteiger partial charge is 0.396 e. The van der Waals surface area contributed by atoms with Crippen molar-refractivity contribution < 1.29 is 63.9 Å². The Labute approximate surface area is 203 Å². The van der Waals surface area contributed by atoms with Crippen LogP contribution in [0.2, 0.25) is 0 Å². The van der Waals surface area contributed by atoms with Gasteiger partial charge in [0.2, 0.25) is 0 Å². The van der Waals surface area contributed by atoms with E-state index in [1.54, 1.807) is 0 Å². The molecule has 6 atom stereocenters. The van der Waals surface area contributed by atoms with Crippen LogP contribution in [0.1, 0.15) is 51.4 Å². The zero-order valence-corrected chi connectivity index (χ0v) is 19.7. The van der Waals surface area contributed by atoms with Crippen LogP contribution in [0.4, 0.5) is 17.6 Å². The van der Waals surface area contributed by atoms with E-state index in [0.29, 0.717) is 12.8 Å². The molecule has 36 heavy (non-hydrogen) atoms. The Kier molecular flexibility index (Phi) is 7.29. The number of hydrogen-bond donors (Lipinski definition) is 0. The number of hydrogen-bond acceptors (Lipinski definition) is 10. The molecule has 4 rings (SSSR count). The first kappa shape index (κ1) is 27.0. The molecular weight excluding hydrogens is 520 g/mol. The average Bonchev–Trinajstić information content (AvgIpc) is 3.42. The zero-order valence-electron chi connectivity index (χ0n) is 18.9. The number of carbonyl (C=O) groups is 3. The van der Waals surface area contributed by atoms with Gasteiger partial charge in [0.15, 0.2) is 22.3 Å². The third kappa shape index (κ3) is 4.69. The summed E-state index contributed by atoms with van der Waals surface area (Å²) in [6.07, 6.45) is -2.18. The molecule has 4 aliphatic rings. The van der Waals surface area contributed by atoms with Gasteiger partial charge in [0.05, 0.1) is 12.5 Å². The number of esters is 3. The molecule has 1 aliphatic carbocycles. The molecule has 0 amide bonds. The Morgan fingerprint density at radius 1 is 1.00 bits per heavy atom. The highest BCUT2D eigenvalue weighted by atomic mass is 32.2. The second-order valence-electron chi connectivity index (χ2n) is 9.55. The Bertz CT molecular complexity index is 997. The summed E-state index contributed by atoms with van der Waals surface area (Å²) in [5, 5.41) is -5.78. The fourth-order valence-corrected chi connectivity index (χ4v) is 5.82. The van der Waals surface area contributed by atoms with Crippen molar-refractivity contribution in [1.29, 1.82) is 0 Å². The van der Waals surface area contributed by atoms with Gasteiger partial charge in [0, 0.05) is 6.42 Å². The molecule has 0 aromatic heterocycles. The summed E-state index contributed by atoms with van der Waals surface area (Å²) in [4.78, 5) is 37.7. The standard InChI is InChI=1S/C21H26F4O10S/c22-20(23,21(24,25)36(29,30)31)8-4-5-9-32-18(27)11-12-14-16(35-19(12)28)15(13(11)33-14)34-17(26)10-6-2-1-3-7-10/h10-16H,1-9H2,(H,29,30,31)/p-1. The van der Waals surface area contributed by atoms with Crippen molar-refractivity contribution in [1.82, 2.24) is 0 Å². The van der Waals surface area contributed by atoms with Crippen molar-refractivity contribution in [3.63, 3.8) is 0 Å². The molecule has 2 bridgehead atoms. The van der Waals surface area contributed by atoms with Gasteiger partial charge in [0.1, 0.15) is 24.0 Å². The second-order valence-corrected chi connectivity index (χ2v) is 11.0. The molecule has 0 radical (unpaired) electrons. The van der Waals surface area contributed by atoms with Crippen molar-refractivity contribution in [3.05, 3.63) is 0 Å². The topological polar surface area (TPSA) is 145 Å². The van der Waals surface area contributed by atoms with Crippen molar-refractivity contribution in [2.24, 2.45) is 17.8 Å². The van der Waals surface area contributed by atoms with E-state index >= 15 is 0 Å². The third-order valence-electron chi connectivity index (χ3n) is 7.24. The number of rotatable bonds is 10. The summed E-state index contributed by atoms with van der Waals surface area (Å²) in [7, 11) is -6.58. The van der Waals surface area contributed by atoms with E-state index in [4.69, 9.17) is 18.9 Å². The maximum Gasteiger partial charge on any atom is 0.396 e. The molecule has 1 saturated carbocycles. The first-order valence-electron chi connectivity index (χ1n) is 11.7. The van der Waals surface area contributed by atoms with E-state index in [1.165, 1.54) is 0 Å². The summed E-state index contributed by atoms with van der Waals surface area (Å²) < 4.78 is 106. The van der Waals surface area contributed by atoms with Crippen molar-refractivity contribution >= 4 is 28.0 Å². The van der Waals surface area contributed by atoms with Gasteiger partial charge in [-0.15, -0.1) is 0 Å². The molecule has 4 fully saturated rings. The fraction of sp³-hybridized carbons (Fsp3) is 0.857. The lowest BCUT2D eigenvalue weighted by Crippen LogP contribution is -2.48. The monoisotopic (exact) mass is 545 g/mol.